The van der Waals surface area contributed by atoms with Gasteiger partial charge in [0.15, 0.2) is 11.4 Å². The highest BCUT2D eigenvalue weighted by Crippen LogP contribution is 2.46. The van der Waals surface area contributed by atoms with E-state index in [-0.39, 0.29) is 27.1 Å². The number of carbonyl (C=O) groups is 2. The topological polar surface area (TPSA) is 82.2 Å². The van der Waals surface area contributed by atoms with Crippen molar-refractivity contribution in [3.05, 3.63) is 63.8 Å². The predicted molar refractivity (Wildman–Crippen MR) is 96.2 cm³/mol. The van der Waals surface area contributed by atoms with Gasteiger partial charge in [-0.05, 0) is 36.4 Å². The maximum atomic E-state index is 12.7. The Kier molecular flexibility index (Phi) is 3.61. The number of aliphatic hydroxyl groups is 1. The molecule has 1 unspecified atom stereocenters. The number of amides is 1. The Bertz CT molecular complexity index is 1040. The lowest BCUT2D eigenvalue weighted by Gasteiger charge is -2.21. The van der Waals surface area contributed by atoms with Gasteiger partial charge in [0.05, 0.1) is 17.1 Å². The van der Waals surface area contributed by atoms with Crippen molar-refractivity contribution in [1.82, 2.24) is 4.98 Å². The van der Waals surface area contributed by atoms with Gasteiger partial charge in [0.2, 0.25) is 0 Å². The van der Waals surface area contributed by atoms with E-state index in [9.17, 15) is 14.7 Å². The van der Waals surface area contributed by atoms with Crippen molar-refractivity contribution < 1.29 is 14.7 Å². The second-order valence-electron chi connectivity index (χ2n) is 5.97. The molecule has 0 fully saturated rings. The van der Waals surface area contributed by atoms with E-state index >= 15 is 0 Å². The van der Waals surface area contributed by atoms with Crippen molar-refractivity contribution in [2.24, 2.45) is 0 Å². The van der Waals surface area contributed by atoms with E-state index in [0.717, 1.165) is 10.9 Å². The lowest BCUT2D eigenvalue weighted by molar-refractivity contribution is -0.133. The maximum Gasteiger partial charge on any atom is 0.261 e. The van der Waals surface area contributed by atoms with E-state index in [1.165, 1.54) is 12.1 Å². The normalized spacial score (nSPS) is 19.1. The third kappa shape index (κ3) is 2.43. The number of carbonyl (C=O) groups excluding carboxylic acids is 2. The molecule has 2 aromatic carbocycles. The number of aromatic amines is 1. The molecule has 0 bridgehead atoms. The van der Waals surface area contributed by atoms with Gasteiger partial charge in [-0.25, -0.2) is 0 Å². The number of hydrogen-bond donors (Lipinski definition) is 3. The van der Waals surface area contributed by atoms with Crippen LogP contribution in [-0.4, -0.2) is 21.8 Å². The van der Waals surface area contributed by atoms with Crippen molar-refractivity contribution >= 4 is 51.5 Å². The average Bonchev–Trinajstić information content (AvgIpc) is 3.14. The maximum absolute atomic E-state index is 12.7. The molecule has 25 heavy (non-hydrogen) atoms. The van der Waals surface area contributed by atoms with Crippen molar-refractivity contribution in [2.45, 2.75) is 12.0 Å². The number of hydrogen-bond acceptors (Lipinski definition) is 3. The number of halogens is 2. The fraction of sp³-hybridized carbons (Fsp3) is 0.111. The van der Waals surface area contributed by atoms with Gasteiger partial charge in [0, 0.05) is 33.2 Å². The summed E-state index contributed by atoms with van der Waals surface area (Å²) in [6, 6.07) is 10.00. The SMILES string of the molecule is O=C(CC1(O)C(=O)Nc2c(Cl)ccc(Cl)c21)c1ccc2[nH]ccc2c1. The van der Waals surface area contributed by atoms with Gasteiger partial charge in [-0.2, -0.15) is 0 Å². The van der Waals surface area contributed by atoms with E-state index in [4.69, 9.17) is 23.2 Å². The van der Waals surface area contributed by atoms with Crippen LogP contribution in [0.3, 0.4) is 0 Å². The van der Waals surface area contributed by atoms with Crippen LogP contribution in [-0.2, 0) is 10.4 Å². The highest BCUT2D eigenvalue weighted by molar-refractivity contribution is 6.38. The Labute approximate surface area is 152 Å². The highest BCUT2D eigenvalue weighted by Gasteiger charge is 2.49. The Morgan fingerprint density at radius 1 is 1.12 bits per heavy atom. The molecule has 3 aromatic rings. The van der Waals surface area contributed by atoms with Gasteiger partial charge in [0.1, 0.15) is 0 Å². The number of H-pyrrole nitrogens is 1. The summed E-state index contributed by atoms with van der Waals surface area (Å²) < 4.78 is 0. The second kappa shape index (κ2) is 5.59. The smallest absolute Gasteiger partial charge is 0.261 e. The lowest BCUT2D eigenvalue weighted by atomic mass is 9.88. The molecule has 1 amide bonds. The van der Waals surface area contributed by atoms with E-state index in [1.54, 1.807) is 24.4 Å². The van der Waals surface area contributed by atoms with Crippen LogP contribution in [0.1, 0.15) is 22.3 Å². The Morgan fingerprint density at radius 2 is 1.88 bits per heavy atom. The number of benzene rings is 2. The fourth-order valence-electron chi connectivity index (χ4n) is 3.14. The predicted octanol–water partition coefficient (Wildman–Crippen LogP) is 3.89. The molecule has 7 heteroatoms. The summed E-state index contributed by atoms with van der Waals surface area (Å²) >= 11 is 12.2. The van der Waals surface area contributed by atoms with Gasteiger partial charge in [-0.1, -0.05) is 23.2 Å². The van der Waals surface area contributed by atoms with Crippen LogP contribution >= 0.6 is 23.2 Å². The van der Waals surface area contributed by atoms with Crippen molar-refractivity contribution in [3.8, 4) is 0 Å². The molecule has 0 aliphatic carbocycles. The molecular formula is C18H12Cl2N2O3. The first-order valence-electron chi connectivity index (χ1n) is 7.53. The summed E-state index contributed by atoms with van der Waals surface area (Å²) in [4.78, 5) is 28.1. The first-order valence-corrected chi connectivity index (χ1v) is 8.28. The first-order chi connectivity index (χ1) is 11.9. The molecule has 0 spiro atoms. The van der Waals surface area contributed by atoms with E-state index in [2.05, 4.69) is 10.3 Å². The minimum absolute atomic E-state index is 0.141. The summed E-state index contributed by atoms with van der Waals surface area (Å²) in [5.41, 5.74) is -0.367. The van der Waals surface area contributed by atoms with Crippen molar-refractivity contribution in [3.63, 3.8) is 0 Å². The van der Waals surface area contributed by atoms with E-state index in [1.807, 2.05) is 6.07 Å². The molecule has 0 radical (unpaired) electrons. The highest BCUT2D eigenvalue weighted by atomic mass is 35.5. The van der Waals surface area contributed by atoms with Gasteiger partial charge in [-0.15, -0.1) is 0 Å². The second-order valence-corrected chi connectivity index (χ2v) is 6.79. The van der Waals surface area contributed by atoms with Crippen molar-refractivity contribution in [1.29, 1.82) is 0 Å². The van der Waals surface area contributed by atoms with Crippen LogP contribution in [0.5, 0.6) is 0 Å². The zero-order valence-corrected chi connectivity index (χ0v) is 14.3. The number of fused-ring (bicyclic) bond motifs is 2. The molecular weight excluding hydrogens is 363 g/mol. The average molecular weight is 375 g/mol. The quantitative estimate of drug-likeness (QED) is 0.608. The number of aromatic nitrogens is 1. The Hall–Kier alpha value is -2.34. The zero-order valence-electron chi connectivity index (χ0n) is 12.8. The van der Waals surface area contributed by atoms with Crippen LogP contribution in [0.2, 0.25) is 10.0 Å². The van der Waals surface area contributed by atoms with Crippen LogP contribution in [0.15, 0.2) is 42.6 Å². The van der Waals surface area contributed by atoms with Gasteiger partial charge in [0.25, 0.3) is 5.91 Å². The van der Waals surface area contributed by atoms with Gasteiger partial charge >= 0.3 is 0 Å². The zero-order chi connectivity index (χ0) is 17.8. The molecule has 3 N–H and O–H groups in total. The number of rotatable bonds is 3. The van der Waals surface area contributed by atoms with Crippen LogP contribution < -0.4 is 5.32 Å². The summed E-state index contributed by atoms with van der Waals surface area (Å²) in [5.74, 6) is -1.08. The summed E-state index contributed by atoms with van der Waals surface area (Å²) in [7, 11) is 0. The van der Waals surface area contributed by atoms with Crippen molar-refractivity contribution in [2.75, 3.05) is 5.32 Å². The fourth-order valence-corrected chi connectivity index (χ4v) is 3.66. The standard InChI is InChI=1S/C18H12Cl2N2O3/c19-11-2-3-12(20)16-15(11)18(25,17(24)22-16)8-14(23)10-1-4-13-9(7-10)5-6-21-13/h1-7,21,25H,8H2,(H,22,24). The molecule has 1 atom stereocenters. The monoisotopic (exact) mass is 374 g/mol. The molecule has 2 heterocycles. The summed E-state index contributed by atoms with van der Waals surface area (Å²) in [6.07, 6.45) is 1.34. The van der Waals surface area contributed by atoms with E-state index < -0.39 is 17.9 Å². The Morgan fingerprint density at radius 3 is 2.68 bits per heavy atom. The van der Waals surface area contributed by atoms with Crippen LogP contribution in [0, 0.1) is 0 Å². The molecule has 4 rings (SSSR count). The van der Waals surface area contributed by atoms with Crippen LogP contribution in [0.4, 0.5) is 5.69 Å². The molecule has 1 aliphatic heterocycles. The minimum Gasteiger partial charge on any atom is -0.375 e. The number of Topliss-reactive ketones (excluding diaryl/α,β-unsaturated/α-hetero) is 1. The summed E-state index contributed by atoms with van der Waals surface area (Å²) in [5, 5.41) is 14.8. The van der Waals surface area contributed by atoms with Gasteiger partial charge < -0.3 is 15.4 Å². The molecule has 0 saturated carbocycles. The van der Waals surface area contributed by atoms with E-state index in [0.29, 0.717) is 5.56 Å². The number of ketones is 1. The third-order valence-corrected chi connectivity index (χ3v) is 5.05. The van der Waals surface area contributed by atoms with Gasteiger partial charge in [-0.3, -0.25) is 9.59 Å². The molecule has 126 valence electrons. The molecule has 1 aliphatic rings. The summed E-state index contributed by atoms with van der Waals surface area (Å²) in [6.45, 7) is 0. The molecule has 0 saturated heterocycles. The number of nitrogens with one attached hydrogen (secondary N) is 2. The molecule has 1 aromatic heterocycles. The number of anilines is 1. The minimum atomic E-state index is -2.05. The van der Waals surface area contributed by atoms with Crippen LogP contribution in [0.25, 0.3) is 10.9 Å². The lowest BCUT2D eigenvalue weighted by Crippen LogP contribution is -2.36. The largest absolute Gasteiger partial charge is 0.375 e. The Balaban J connectivity index is 1.74. The first kappa shape index (κ1) is 16.1. The molecule has 5 nitrogen and oxygen atoms in total. The third-order valence-electron chi connectivity index (χ3n) is 4.42.